The average Bonchev–Trinajstić information content (AvgIpc) is 2.47. The number of anilines is 2. The number of hydrogen-bond acceptors (Lipinski definition) is 5. The van der Waals surface area contributed by atoms with Crippen LogP contribution in [0.1, 0.15) is 5.56 Å². The summed E-state index contributed by atoms with van der Waals surface area (Å²) in [5, 5.41) is 22.9. The summed E-state index contributed by atoms with van der Waals surface area (Å²) in [6.45, 7) is 0. The van der Waals surface area contributed by atoms with E-state index in [2.05, 4.69) is 5.32 Å². The zero-order valence-electron chi connectivity index (χ0n) is 10.7. The van der Waals surface area contributed by atoms with Crippen LogP contribution in [0.2, 0.25) is 0 Å². The minimum Gasteiger partial charge on any atom is -0.355 e. The third kappa shape index (κ3) is 2.90. The Morgan fingerprint density at radius 2 is 2.05 bits per heavy atom. The molecule has 0 unspecified atom stereocenters. The van der Waals surface area contributed by atoms with Gasteiger partial charge in [-0.15, -0.1) is 11.8 Å². The molecule has 0 spiro atoms. The van der Waals surface area contributed by atoms with Crippen molar-refractivity contribution in [1.82, 2.24) is 0 Å². The van der Waals surface area contributed by atoms with Crippen molar-refractivity contribution in [2.75, 3.05) is 11.6 Å². The molecule has 0 radical (unpaired) electrons. The van der Waals surface area contributed by atoms with Crippen molar-refractivity contribution >= 4 is 28.8 Å². The van der Waals surface area contributed by atoms with Crippen LogP contribution >= 0.6 is 11.8 Å². The molecule has 2 aromatic carbocycles. The van der Waals surface area contributed by atoms with Gasteiger partial charge < -0.3 is 5.32 Å². The van der Waals surface area contributed by atoms with E-state index in [9.17, 15) is 10.1 Å². The molecule has 20 heavy (non-hydrogen) atoms. The van der Waals surface area contributed by atoms with E-state index < -0.39 is 4.92 Å². The molecule has 2 rings (SSSR count). The second-order valence-corrected chi connectivity index (χ2v) is 4.77. The fraction of sp³-hybridized carbons (Fsp3) is 0.0714. The Hall–Kier alpha value is -2.52. The molecule has 100 valence electrons. The van der Waals surface area contributed by atoms with Crippen molar-refractivity contribution in [3.05, 3.63) is 58.1 Å². The van der Waals surface area contributed by atoms with E-state index in [1.54, 1.807) is 17.8 Å². The number of nitro benzene ring substituents is 1. The second kappa shape index (κ2) is 6.08. The molecule has 0 bridgehead atoms. The predicted molar refractivity (Wildman–Crippen MR) is 79.3 cm³/mol. The highest BCUT2D eigenvalue weighted by Gasteiger charge is 2.14. The third-order valence-corrected chi connectivity index (χ3v) is 3.50. The van der Waals surface area contributed by atoms with Gasteiger partial charge in [-0.05, 0) is 30.5 Å². The Balaban J connectivity index is 2.35. The van der Waals surface area contributed by atoms with Gasteiger partial charge in [-0.3, -0.25) is 10.1 Å². The lowest BCUT2D eigenvalue weighted by molar-refractivity contribution is -0.385. The van der Waals surface area contributed by atoms with Crippen molar-refractivity contribution in [1.29, 1.82) is 5.26 Å². The summed E-state index contributed by atoms with van der Waals surface area (Å²) in [5.41, 5.74) is 1.41. The molecule has 0 atom stereocenters. The molecule has 0 saturated carbocycles. The molecule has 0 aliphatic carbocycles. The van der Waals surface area contributed by atoms with E-state index in [0.717, 1.165) is 10.6 Å². The summed E-state index contributed by atoms with van der Waals surface area (Å²) in [7, 11) is 0. The molecule has 0 saturated heterocycles. The number of rotatable bonds is 4. The fourth-order valence-electron chi connectivity index (χ4n) is 1.77. The van der Waals surface area contributed by atoms with Crippen molar-refractivity contribution in [3.8, 4) is 6.07 Å². The first-order chi connectivity index (χ1) is 9.65. The van der Waals surface area contributed by atoms with Crippen molar-refractivity contribution < 1.29 is 4.92 Å². The molecular weight excluding hydrogens is 274 g/mol. The van der Waals surface area contributed by atoms with Gasteiger partial charge in [-0.25, -0.2) is 0 Å². The maximum atomic E-state index is 10.8. The van der Waals surface area contributed by atoms with Crippen molar-refractivity contribution in [2.45, 2.75) is 4.90 Å². The standard InChI is InChI=1S/C14H11N3O2S/c1-20-14-5-3-2-4-12(14)16-11-6-7-13(17(18)19)10(8-11)9-15/h2-8,16H,1H3. The van der Waals surface area contributed by atoms with Gasteiger partial charge in [-0.1, -0.05) is 12.1 Å². The number of benzene rings is 2. The highest BCUT2D eigenvalue weighted by Crippen LogP contribution is 2.29. The molecule has 0 fully saturated rings. The smallest absolute Gasteiger partial charge is 0.287 e. The van der Waals surface area contributed by atoms with Gasteiger partial charge >= 0.3 is 0 Å². The van der Waals surface area contributed by atoms with Crippen LogP contribution in [0.25, 0.3) is 0 Å². The van der Waals surface area contributed by atoms with E-state index in [4.69, 9.17) is 5.26 Å². The van der Waals surface area contributed by atoms with Gasteiger partial charge in [0.2, 0.25) is 0 Å². The van der Waals surface area contributed by atoms with Crippen molar-refractivity contribution in [3.63, 3.8) is 0 Å². The minimum atomic E-state index is -0.557. The number of nitriles is 1. The number of nitrogens with one attached hydrogen (secondary N) is 1. The maximum absolute atomic E-state index is 10.8. The minimum absolute atomic E-state index is 0.0432. The summed E-state index contributed by atoms with van der Waals surface area (Å²) in [6.07, 6.45) is 1.97. The van der Waals surface area contributed by atoms with Crippen LogP contribution in [0.5, 0.6) is 0 Å². The van der Waals surface area contributed by atoms with E-state index >= 15 is 0 Å². The van der Waals surface area contributed by atoms with Gasteiger partial charge in [0.05, 0.1) is 10.6 Å². The van der Waals surface area contributed by atoms with Gasteiger partial charge in [0.15, 0.2) is 0 Å². The quantitative estimate of drug-likeness (QED) is 0.523. The maximum Gasteiger partial charge on any atom is 0.287 e. The normalized spacial score (nSPS) is 9.80. The van der Waals surface area contributed by atoms with Crippen LogP contribution in [0.4, 0.5) is 17.1 Å². The zero-order chi connectivity index (χ0) is 14.5. The Morgan fingerprint density at radius 3 is 2.70 bits per heavy atom. The summed E-state index contributed by atoms with van der Waals surface area (Å²) in [5.74, 6) is 0. The summed E-state index contributed by atoms with van der Waals surface area (Å²) < 4.78 is 0. The summed E-state index contributed by atoms with van der Waals surface area (Å²) in [4.78, 5) is 11.3. The SMILES string of the molecule is CSc1ccccc1Nc1ccc([N+](=O)[O-])c(C#N)c1. The van der Waals surface area contributed by atoms with Crippen LogP contribution < -0.4 is 5.32 Å². The van der Waals surface area contributed by atoms with Crippen LogP contribution in [0.3, 0.4) is 0 Å². The summed E-state index contributed by atoms with van der Waals surface area (Å²) in [6, 6.07) is 14.0. The highest BCUT2D eigenvalue weighted by molar-refractivity contribution is 7.98. The molecule has 0 aliphatic rings. The van der Waals surface area contributed by atoms with Crippen LogP contribution in [-0.4, -0.2) is 11.2 Å². The zero-order valence-corrected chi connectivity index (χ0v) is 11.5. The third-order valence-electron chi connectivity index (χ3n) is 2.70. The molecule has 0 amide bonds. The van der Waals surface area contributed by atoms with E-state index in [-0.39, 0.29) is 11.3 Å². The second-order valence-electron chi connectivity index (χ2n) is 3.93. The average molecular weight is 285 g/mol. The van der Waals surface area contributed by atoms with Crippen LogP contribution in [-0.2, 0) is 0 Å². The molecule has 2 aromatic rings. The first-order valence-electron chi connectivity index (χ1n) is 5.74. The Morgan fingerprint density at radius 1 is 1.30 bits per heavy atom. The lowest BCUT2D eigenvalue weighted by Crippen LogP contribution is -1.96. The molecule has 5 nitrogen and oxygen atoms in total. The van der Waals surface area contributed by atoms with Crippen molar-refractivity contribution in [2.24, 2.45) is 0 Å². The monoisotopic (exact) mass is 285 g/mol. The van der Waals surface area contributed by atoms with Gasteiger partial charge in [0.25, 0.3) is 5.69 Å². The van der Waals surface area contributed by atoms with Crippen LogP contribution in [0.15, 0.2) is 47.4 Å². The Labute approximate surface area is 120 Å². The molecule has 1 N–H and O–H groups in total. The first kappa shape index (κ1) is 13.9. The summed E-state index contributed by atoms with van der Waals surface area (Å²) >= 11 is 1.60. The van der Waals surface area contributed by atoms with Gasteiger partial charge in [0.1, 0.15) is 11.6 Å². The van der Waals surface area contributed by atoms with E-state index in [1.807, 2.05) is 36.6 Å². The Bertz CT molecular complexity index is 695. The molecule has 0 aliphatic heterocycles. The molecular formula is C14H11N3O2S. The number of para-hydroxylation sites is 1. The Kier molecular flexibility index (Phi) is 4.23. The lowest BCUT2D eigenvalue weighted by Gasteiger charge is -2.10. The number of thioether (sulfide) groups is 1. The fourth-order valence-corrected chi connectivity index (χ4v) is 2.32. The van der Waals surface area contributed by atoms with E-state index in [1.165, 1.54) is 12.1 Å². The topological polar surface area (TPSA) is 79.0 Å². The van der Waals surface area contributed by atoms with E-state index in [0.29, 0.717) is 5.69 Å². The first-order valence-corrected chi connectivity index (χ1v) is 6.96. The van der Waals surface area contributed by atoms with Gasteiger partial charge in [-0.2, -0.15) is 5.26 Å². The molecule has 0 aromatic heterocycles. The van der Waals surface area contributed by atoms with Crippen LogP contribution in [0, 0.1) is 21.4 Å². The lowest BCUT2D eigenvalue weighted by atomic mass is 10.1. The number of nitrogens with zero attached hydrogens (tertiary/aromatic N) is 2. The number of nitro groups is 1. The van der Waals surface area contributed by atoms with Gasteiger partial charge in [0, 0.05) is 16.6 Å². The number of hydrogen-bond donors (Lipinski definition) is 1. The molecule has 0 heterocycles. The molecule has 6 heteroatoms. The predicted octanol–water partition coefficient (Wildman–Crippen LogP) is 3.93. The largest absolute Gasteiger partial charge is 0.355 e. The highest BCUT2D eigenvalue weighted by atomic mass is 32.2.